The molecule has 1 aromatic carbocycles. The Labute approximate surface area is 130 Å². The SMILES string of the molecule is CCCCc1ccc([C@@H]2C=C(Oc3cncnc3)NO2)cc1. The number of nitrogens with one attached hydrogen (secondary N) is 1. The Morgan fingerprint density at radius 1 is 1.18 bits per heavy atom. The van der Waals surface area contributed by atoms with E-state index in [4.69, 9.17) is 9.57 Å². The smallest absolute Gasteiger partial charge is 0.216 e. The number of ether oxygens (including phenoxy) is 1. The fourth-order valence-corrected chi connectivity index (χ4v) is 2.27. The van der Waals surface area contributed by atoms with Crippen LogP contribution in [0.25, 0.3) is 0 Å². The van der Waals surface area contributed by atoms with E-state index in [1.807, 2.05) is 6.08 Å². The average Bonchev–Trinajstić information content (AvgIpc) is 3.03. The molecule has 22 heavy (non-hydrogen) atoms. The van der Waals surface area contributed by atoms with E-state index in [0.717, 1.165) is 12.0 Å². The normalized spacial score (nSPS) is 17.0. The number of rotatable bonds is 6. The summed E-state index contributed by atoms with van der Waals surface area (Å²) < 4.78 is 5.60. The van der Waals surface area contributed by atoms with Crippen molar-refractivity contribution in [3.63, 3.8) is 0 Å². The molecular formula is C17H19N3O2. The third-order valence-corrected chi connectivity index (χ3v) is 3.48. The number of hydrogen-bond donors (Lipinski definition) is 1. The molecule has 0 radical (unpaired) electrons. The molecule has 1 aliphatic rings. The van der Waals surface area contributed by atoms with Crippen molar-refractivity contribution in [1.82, 2.24) is 15.4 Å². The van der Waals surface area contributed by atoms with E-state index in [-0.39, 0.29) is 6.10 Å². The second kappa shape index (κ2) is 7.04. The Bertz CT molecular complexity index is 626. The highest BCUT2D eigenvalue weighted by molar-refractivity contribution is 5.28. The van der Waals surface area contributed by atoms with Crippen LogP contribution in [0.15, 0.2) is 54.9 Å². The summed E-state index contributed by atoms with van der Waals surface area (Å²) in [6.07, 6.45) is 9.97. The Morgan fingerprint density at radius 2 is 1.95 bits per heavy atom. The van der Waals surface area contributed by atoms with E-state index < -0.39 is 0 Å². The molecule has 1 N–H and O–H groups in total. The van der Waals surface area contributed by atoms with Crippen LogP contribution in [0, 0.1) is 0 Å². The zero-order valence-corrected chi connectivity index (χ0v) is 12.5. The zero-order valence-electron chi connectivity index (χ0n) is 12.5. The summed E-state index contributed by atoms with van der Waals surface area (Å²) in [5.41, 5.74) is 5.24. The molecule has 0 amide bonds. The van der Waals surface area contributed by atoms with Gasteiger partial charge in [0.25, 0.3) is 0 Å². The van der Waals surface area contributed by atoms with E-state index >= 15 is 0 Å². The van der Waals surface area contributed by atoms with Gasteiger partial charge in [-0.2, -0.15) is 0 Å². The van der Waals surface area contributed by atoms with Crippen molar-refractivity contribution in [3.05, 3.63) is 66.1 Å². The molecule has 2 heterocycles. The van der Waals surface area contributed by atoms with Gasteiger partial charge in [-0.1, -0.05) is 37.6 Å². The standard InChI is InChI=1S/C17H19N3O2/c1-2-3-4-13-5-7-14(8-6-13)16-9-17(20-22-16)21-15-10-18-12-19-11-15/h5-12,16,20H,2-4H2,1H3/t16-/m0/s1. The Morgan fingerprint density at radius 3 is 2.68 bits per heavy atom. The van der Waals surface area contributed by atoms with Gasteiger partial charge in [0.2, 0.25) is 5.88 Å². The van der Waals surface area contributed by atoms with Gasteiger partial charge in [0.1, 0.15) is 12.4 Å². The first-order valence-corrected chi connectivity index (χ1v) is 7.50. The predicted molar refractivity (Wildman–Crippen MR) is 82.8 cm³/mol. The zero-order chi connectivity index (χ0) is 15.2. The molecule has 114 valence electrons. The maximum atomic E-state index is 5.60. The molecule has 5 nitrogen and oxygen atoms in total. The van der Waals surface area contributed by atoms with Crippen LogP contribution in [0.3, 0.4) is 0 Å². The van der Waals surface area contributed by atoms with Crippen LogP contribution in [0.1, 0.15) is 37.0 Å². The summed E-state index contributed by atoms with van der Waals surface area (Å²) in [5, 5.41) is 0. The van der Waals surface area contributed by atoms with Crippen molar-refractivity contribution in [2.45, 2.75) is 32.3 Å². The maximum absolute atomic E-state index is 5.60. The first-order chi connectivity index (χ1) is 10.8. The van der Waals surface area contributed by atoms with Crippen molar-refractivity contribution in [2.75, 3.05) is 0 Å². The molecule has 0 spiro atoms. The fourth-order valence-electron chi connectivity index (χ4n) is 2.27. The lowest BCUT2D eigenvalue weighted by atomic mass is 10.0. The molecule has 2 aromatic rings. The largest absolute Gasteiger partial charge is 0.436 e. The van der Waals surface area contributed by atoms with E-state index in [2.05, 4.69) is 46.6 Å². The van der Waals surface area contributed by atoms with E-state index in [1.54, 1.807) is 12.4 Å². The summed E-state index contributed by atoms with van der Waals surface area (Å²) in [4.78, 5) is 13.3. The third-order valence-electron chi connectivity index (χ3n) is 3.48. The molecule has 0 saturated heterocycles. The summed E-state index contributed by atoms with van der Waals surface area (Å²) >= 11 is 0. The number of benzene rings is 1. The van der Waals surface area contributed by atoms with Crippen LogP contribution in [0.2, 0.25) is 0 Å². The third kappa shape index (κ3) is 3.62. The van der Waals surface area contributed by atoms with Gasteiger partial charge in [0.15, 0.2) is 5.75 Å². The van der Waals surface area contributed by atoms with Gasteiger partial charge in [0.05, 0.1) is 12.4 Å². The van der Waals surface area contributed by atoms with Gasteiger partial charge in [-0.15, -0.1) is 0 Å². The molecule has 1 aromatic heterocycles. The second-order valence-corrected chi connectivity index (χ2v) is 5.19. The summed E-state index contributed by atoms with van der Waals surface area (Å²) in [6.45, 7) is 2.20. The minimum Gasteiger partial charge on any atom is -0.436 e. The van der Waals surface area contributed by atoms with Crippen LogP contribution in [0.4, 0.5) is 0 Å². The van der Waals surface area contributed by atoms with Crippen LogP contribution >= 0.6 is 0 Å². The van der Waals surface area contributed by atoms with Gasteiger partial charge in [-0.3, -0.25) is 4.84 Å². The van der Waals surface area contributed by atoms with Crippen LogP contribution in [-0.4, -0.2) is 9.97 Å². The first-order valence-electron chi connectivity index (χ1n) is 7.50. The van der Waals surface area contributed by atoms with Crippen molar-refractivity contribution in [2.24, 2.45) is 0 Å². The van der Waals surface area contributed by atoms with Crippen molar-refractivity contribution in [1.29, 1.82) is 0 Å². The first kappa shape index (κ1) is 14.5. The van der Waals surface area contributed by atoms with Crippen LogP contribution in [0.5, 0.6) is 5.75 Å². The van der Waals surface area contributed by atoms with Gasteiger partial charge in [-0.05, 0) is 24.0 Å². The minimum atomic E-state index is -0.153. The van der Waals surface area contributed by atoms with Crippen molar-refractivity contribution >= 4 is 0 Å². The average molecular weight is 297 g/mol. The van der Waals surface area contributed by atoms with Crippen LogP contribution in [-0.2, 0) is 11.3 Å². The highest BCUT2D eigenvalue weighted by atomic mass is 16.7. The highest BCUT2D eigenvalue weighted by Crippen LogP contribution is 2.25. The van der Waals surface area contributed by atoms with E-state index in [9.17, 15) is 0 Å². The van der Waals surface area contributed by atoms with Crippen molar-refractivity contribution in [3.8, 4) is 5.75 Å². The molecule has 1 aliphatic heterocycles. The number of nitrogens with zero attached hydrogens (tertiary/aromatic N) is 2. The van der Waals surface area contributed by atoms with Gasteiger partial charge in [-0.25, -0.2) is 15.4 Å². The fraction of sp³-hybridized carbons (Fsp3) is 0.294. The lowest BCUT2D eigenvalue weighted by Crippen LogP contribution is -2.12. The summed E-state index contributed by atoms with van der Waals surface area (Å²) in [6, 6.07) is 8.52. The molecule has 0 unspecified atom stereocenters. The van der Waals surface area contributed by atoms with Gasteiger partial charge in [0, 0.05) is 6.08 Å². The molecular weight excluding hydrogens is 278 g/mol. The molecule has 0 fully saturated rings. The van der Waals surface area contributed by atoms with E-state index in [1.165, 1.54) is 24.7 Å². The van der Waals surface area contributed by atoms with Gasteiger partial charge >= 0.3 is 0 Å². The lowest BCUT2D eigenvalue weighted by molar-refractivity contribution is 0.0272. The Hall–Kier alpha value is -2.40. The number of unbranched alkanes of at least 4 members (excludes halogenated alkanes) is 1. The predicted octanol–water partition coefficient (Wildman–Crippen LogP) is 3.32. The molecule has 0 bridgehead atoms. The Balaban J connectivity index is 1.63. The molecule has 3 rings (SSSR count). The number of hydroxylamine groups is 1. The number of aromatic nitrogens is 2. The van der Waals surface area contributed by atoms with E-state index in [0.29, 0.717) is 11.6 Å². The summed E-state index contributed by atoms with van der Waals surface area (Å²) in [7, 11) is 0. The second-order valence-electron chi connectivity index (χ2n) is 5.19. The van der Waals surface area contributed by atoms with Crippen LogP contribution < -0.4 is 10.2 Å². The Kier molecular flexibility index (Phi) is 4.65. The molecule has 0 saturated carbocycles. The lowest BCUT2D eigenvalue weighted by Gasteiger charge is -2.08. The maximum Gasteiger partial charge on any atom is 0.216 e. The monoisotopic (exact) mass is 297 g/mol. The highest BCUT2D eigenvalue weighted by Gasteiger charge is 2.19. The number of hydrogen-bond acceptors (Lipinski definition) is 5. The molecule has 1 atom stereocenters. The molecule has 0 aliphatic carbocycles. The minimum absolute atomic E-state index is 0.153. The quantitative estimate of drug-likeness (QED) is 0.886. The molecule has 5 heteroatoms. The topological polar surface area (TPSA) is 56.3 Å². The summed E-state index contributed by atoms with van der Waals surface area (Å²) in [5.74, 6) is 1.12. The van der Waals surface area contributed by atoms with Crippen molar-refractivity contribution < 1.29 is 9.57 Å². The number of aryl methyl sites for hydroxylation is 1. The van der Waals surface area contributed by atoms with Gasteiger partial charge < -0.3 is 4.74 Å².